The zero-order valence-electron chi connectivity index (χ0n) is 9.64. The molecule has 0 aromatic carbocycles. The Morgan fingerprint density at radius 2 is 1.62 bits per heavy atom. The molecule has 3 N–H and O–H groups in total. The first-order valence-electron chi connectivity index (χ1n) is 5.28. The molecule has 0 aliphatic heterocycles. The van der Waals surface area contributed by atoms with E-state index in [1.165, 1.54) is 0 Å². The Kier molecular flexibility index (Phi) is 5.98. The maximum Gasteiger partial charge on any atom is 0.305 e. The molecule has 94 valence electrons. The number of hydrogen-bond acceptors (Lipinski definition) is 4. The van der Waals surface area contributed by atoms with Gasteiger partial charge in [-0.2, -0.15) is 5.06 Å². The number of carbonyl (C=O) groups is 2. The molecule has 0 aliphatic rings. The van der Waals surface area contributed by atoms with Gasteiger partial charge in [0.2, 0.25) is 0 Å². The van der Waals surface area contributed by atoms with Crippen LogP contribution in [0.5, 0.6) is 0 Å². The number of carboxylic acid groups (broad SMARTS) is 2. The minimum atomic E-state index is -1.02. The van der Waals surface area contributed by atoms with Crippen molar-refractivity contribution in [2.75, 3.05) is 6.54 Å². The van der Waals surface area contributed by atoms with Crippen LogP contribution in [0.2, 0.25) is 0 Å². The van der Waals surface area contributed by atoms with Crippen LogP contribution < -0.4 is 0 Å². The molecule has 0 aliphatic carbocycles. The molecule has 0 amide bonds. The summed E-state index contributed by atoms with van der Waals surface area (Å²) in [7, 11) is 0. The maximum absolute atomic E-state index is 10.7. The Morgan fingerprint density at radius 3 is 1.94 bits per heavy atom. The topological polar surface area (TPSA) is 98.1 Å². The molecule has 0 fully saturated rings. The van der Waals surface area contributed by atoms with Crippen molar-refractivity contribution in [1.82, 2.24) is 5.06 Å². The Labute approximate surface area is 94.4 Å². The van der Waals surface area contributed by atoms with Gasteiger partial charge in [0.25, 0.3) is 0 Å². The fraction of sp³-hybridized carbons (Fsp3) is 0.800. The van der Waals surface area contributed by atoms with Gasteiger partial charge in [-0.05, 0) is 12.8 Å². The molecule has 0 saturated heterocycles. The molecule has 0 heterocycles. The molecule has 0 bridgehead atoms. The van der Waals surface area contributed by atoms with Crippen LogP contribution in [0.1, 0.15) is 39.5 Å². The Hall–Kier alpha value is -1.14. The van der Waals surface area contributed by atoms with E-state index in [0.29, 0.717) is 12.8 Å². The fourth-order valence-electron chi connectivity index (χ4n) is 1.68. The van der Waals surface area contributed by atoms with Crippen molar-refractivity contribution in [3.05, 3.63) is 0 Å². The van der Waals surface area contributed by atoms with Gasteiger partial charge in [-0.1, -0.05) is 13.8 Å². The van der Waals surface area contributed by atoms with Gasteiger partial charge in [0.15, 0.2) is 0 Å². The van der Waals surface area contributed by atoms with Crippen LogP contribution >= 0.6 is 0 Å². The third-order valence-electron chi connectivity index (χ3n) is 2.88. The number of nitrogens with zero attached hydrogens (tertiary/aromatic N) is 1. The number of hydrogen-bond donors (Lipinski definition) is 3. The smallest absolute Gasteiger partial charge is 0.305 e. The highest BCUT2D eigenvalue weighted by atomic mass is 16.5. The van der Waals surface area contributed by atoms with Crippen LogP contribution in [-0.2, 0) is 9.59 Å². The first kappa shape index (κ1) is 14.9. The summed E-state index contributed by atoms with van der Waals surface area (Å²) in [6.45, 7) is 3.48. The van der Waals surface area contributed by atoms with Crippen molar-refractivity contribution in [3.63, 3.8) is 0 Å². The van der Waals surface area contributed by atoms with Crippen molar-refractivity contribution in [1.29, 1.82) is 0 Å². The van der Waals surface area contributed by atoms with Crippen molar-refractivity contribution in [2.24, 2.45) is 0 Å². The molecule has 0 atom stereocenters. The quantitative estimate of drug-likeness (QED) is 0.545. The predicted molar refractivity (Wildman–Crippen MR) is 56.3 cm³/mol. The lowest BCUT2D eigenvalue weighted by Crippen LogP contribution is -2.48. The second-order valence-electron chi connectivity index (χ2n) is 3.77. The monoisotopic (exact) mass is 233 g/mol. The highest BCUT2D eigenvalue weighted by Crippen LogP contribution is 2.26. The van der Waals surface area contributed by atoms with Crippen molar-refractivity contribution in [3.8, 4) is 0 Å². The lowest BCUT2D eigenvalue weighted by Gasteiger charge is -2.37. The third-order valence-corrected chi connectivity index (χ3v) is 2.88. The lowest BCUT2D eigenvalue weighted by molar-refractivity contribution is -0.189. The Morgan fingerprint density at radius 1 is 1.12 bits per heavy atom. The highest BCUT2D eigenvalue weighted by molar-refractivity contribution is 5.68. The fourth-order valence-corrected chi connectivity index (χ4v) is 1.68. The van der Waals surface area contributed by atoms with Gasteiger partial charge in [0.05, 0.1) is 18.4 Å². The van der Waals surface area contributed by atoms with E-state index in [4.69, 9.17) is 10.2 Å². The van der Waals surface area contributed by atoms with E-state index in [2.05, 4.69) is 0 Å². The normalized spacial score (nSPS) is 11.8. The second kappa shape index (κ2) is 6.44. The molecule has 0 saturated carbocycles. The summed E-state index contributed by atoms with van der Waals surface area (Å²) in [5, 5.41) is 27.9. The van der Waals surface area contributed by atoms with E-state index < -0.39 is 17.5 Å². The van der Waals surface area contributed by atoms with Crippen LogP contribution in [0, 0.1) is 0 Å². The summed E-state index contributed by atoms with van der Waals surface area (Å²) >= 11 is 0. The molecule has 0 spiro atoms. The van der Waals surface area contributed by atoms with Crippen molar-refractivity contribution in [2.45, 2.75) is 45.1 Å². The van der Waals surface area contributed by atoms with Crippen molar-refractivity contribution >= 4 is 11.9 Å². The first-order valence-corrected chi connectivity index (χ1v) is 5.28. The largest absolute Gasteiger partial charge is 0.481 e. The van der Waals surface area contributed by atoms with Gasteiger partial charge >= 0.3 is 11.9 Å². The minimum Gasteiger partial charge on any atom is -0.481 e. The van der Waals surface area contributed by atoms with E-state index >= 15 is 0 Å². The van der Waals surface area contributed by atoms with Gasteiger partial charge in [0.1, 0.15) is 0 Å². The summed E-state index contributed by atoms with van der Waals surface area (Å²) in [6, 6.07) is 0. The summed E-state index contributed by atoms with van der Waals surface area (Å²) in [4.78, 5) is 21.1. The van der Waals surface area contributed by atoms with E-state index in [0.717, 1.165) is 5.06 Å². The minimum absolute atomic E-state index is 0.0652. The molecular weight excluding hydrogens is 214 g/mol. The van der Waals surface area contributed by atoms with Gasteiger partial charge < -0.3 is 15.4 Å². The number of hydroxylamine groups is 2. The molecule has 6 heteroatoms. The molecule has 0 aromatic rings. The van der Waals surface area contributed by atoms with Gasteiger partial charge in [-0.3, -0.25) is 9.59 Å². The van der Waals surface area contributed by atoms with Crippen LogP contribution in [0.3, 0.4) is 0 Å². The van der Waals surface area contributed by atoms with E-state index in [9.17, 15) is 14.8 Å². The summed E-state index contributed by atoms with van der Waals surface area (Å²) in [5.41, 5.74) is -0.874. The van der Waals surface area contributed by atoms with Crippen LogP contribution in [0.25, 0.3) is 0 Å². The third kappa shape index (κ3) is 4.16. The molecule has 0 unspecified atom stereocenters. The maximum atomic E-state index is 10.7. The van der Waals surface area contributed by atoms with E-state index in [1.54, 1.807) is 13.8 Å². The molecule has 0 radical (unpaired) electrons. The van der Waals surface area contributed by atoms with E-state index in [1.807, 2.05) is 0 Å². The van der Waals surface area contributed by atoms with E-state index in [-0.39, 0.29) is 19.4 Å². The zero-order chi connectivity index (χ0) is 12.8. The predicted octanol–water partition coefficient (Wildman–Crippen LogP) is 1.19. The Balaban J connectivity index is 4.60. The Bertz CT molecular complexity index is 250. The SMILES string of the molecule is CCC(CC)(CC(=O)O)N(O)CCC(=O)O. The molecular formula is C10H19NO5. The average Bonchev–Trinajstić information content (AvgIpc) is 2.22. The van der Waals surface area contributed by atoms with Crippen molar-refractivity contribution < 1.29 is 25.0 Å². The van der Waals surface area contributed by atoms with Gasteiger partial charge in [0, 0.05) is 6.54 Å². The number of rotatable bonds is 8. The standard InChI is InChI=1S/C10H19NO5/c1-3-10(4-2,7-9(14)15)11(16)6-5-8(12)13/h16H,3-7H2,1-2H3,(H,12,13)(H,14,15). The summed E-state index contributed by atoms with van der Waals surface area (Å²) in [6.07, 6.45) is 0.492. The van der Waals surface area contributed by atoms with Gasteiger partial charge in [-0.15, -0.1) is 0 Å². The molecule has 16 heavy (non-hydrogen) atoms. The van der Waals surface area contributed by atoms with Crippen LogP contribution in [0.4, 0.5) is 0 Å². The number of aliphatic carboxylic acids is 2. The summed E-state index contributed by atoms with van der Waals surface area (Å²) < 4.78 is 0. The number of carboxylic acids is 2. The second-order valence-corrected chi connectivity index (χ2v) is 3.77. The summed E-state index contributed by atoms with van der Waals surface area (Å²) in [5.74, 6) is -2.02. The zero-order valence-corrected chi connectivity index (χ0v) is 9.64. The molecule has 0 rings (SSSR count). The lowest BCUT2D eigenvalue weighted by atomic mass is 9.88. The highest BCUT2D eigenvalue weighted by Gasteiger charge is 2.35. The van der Waals surface area contributed by atoms with Gasteiger partial charge in [-0.25, -0.2) is 0 Å². The molecule has 0 aromatic heterocycles. The van der Waals surface area contributed by atoms with Crippen LogP contribution in [-0.4, -0.2) is 44.5 Å². The molecule has 6 nitrogen and oxygen atoms in total. The average molecular weight is 233 g/mol. The first-order chi connectivity index (χ1) is 7.38. The van der Waals surface area contributed by atoms with Crippen LogP contribution in [0.15, 0.2) is 0 Å².